The van der Waals surface area contributed by atoms with Crippen molar-refractivity contribution >= 4 is 11.7 Å². The van der Waals surface area contributed by atoms with Gasteiger partial charge < -0.3 is 19.7 Å². The number of nitrogens with one attached hydrogen (secondary N) is 1. The molecule has 1 fully saturated rings. The lowest BCUT2D eigenvalue weighted by Crippen LogP contribution is -3.15. The standard InChI is InChI=1S/C15H22N2O2/c1-12-4-3-5-14(13(12)2)17-10-8-16(9-11-17)7-6-15(18)19/h3-5H,6-11H2,1-2H3,(H,18,19). The fourth-order valence-corrected chi connectivity index (χ4v) is 2.67. The third kappa shape index (κ3) is 3.47. The smallest absolute Gasteiger partial charge is 0.0949 e. The maximum absolute atomic E-state index is 10.5. The van der Waals surface area contributed by atoms with E-state index in [9.17, 15) is 9.90 Å². The SMILES string of the molecule is Cc1cccc(N2CC[NH+](CCC(=O)[O-])CC2)c1C. The Hall–Kier alpha value is -1.55. The molecular weight excluding hydrogens is 240 g/mol. The average Bonchev–Trinajstić information content (AvgIpc) is 2.40. The number of aliphatic carboxylic acids is 1. The first-order valence-corrected chi connectivity index (χ1v) is 6.92. The first kappa shape index (κ1) is 13.9. The summed E-state index contributed by atoms with van der Waals surface area (Å²) in [6.45, 7) is 8.98. The Morgan fingerprint density at radius 3 is 2.63 bits per heavy atom. The molecule has 1 N–H and O–H groups in total. The largest absolute Gasteiger partial charge is 0.550 e. The van der Waals surface area contributed by atoms with Crippen LogP contribution in [0.3, 0.4) is 0 Å². The summed E-state index contributed by atoms with van der Waals surface area (Å²) in [5.74, 6) is -0.940. The molecule has 0 saturated carbocycles. The molecule has 1 aliphatic heterocycles. The third-order valence-corrected chi connectivity index (χ3v) is 4.07. The zero-order valence-corrected chi connectivity index (χ0v) is 11.7. The molecular formula is C15H22N2O2. The molecule has 0 radical (unpaired) electrons. The summed E-state index contributed by atoms with van der Waals surface area (Å²) in [5, 5.41) is 10.5. The Labute approximate surface area is 114 Å². The van der Waals surface area contributed by atoms with Crippen LogP contribution >= 0.6 is 0 Å². The Bertz CT molecular complexity index is 451. The van der Waals surface area contributed by atoms with E-state index in [4.69, 9.17) is 0 Å². The van der Waals surface area contributed by atoms with Crippen molar-refractivity contribution in [1.82, 2.24) is 0 Å². The molecule has 1 heterocycles. The number of benzene rings is 1. The van der Waals surface area contributed by atoms with Crippen LogP contribution in [0.4, 0.5) is 5.69 Å². The van der Waals surface area contributed by atoms with Crippen LogP contribution in [0, 0.1) is 13.8 Å². The van der Waals surface area contributed by atoms with Crippen LogP contribution in [0.25, 0.3) is 0 Å². The van der Waals surface area contributed by atoms with E-state index in [0.717, 1.165) is 26.2 Å². The molecule has 0 amide bonds. The highest BCUT2D eigenvalue weighted by atomic mass is 16.4. The molecule has 1 aromatic carbocycles. The summed E-state index contributed by atoms with van der Waals surface area (Å²) in [7, 11) is 0. The van der Waals surface area contributed by atoms with Crippen LogP contribution in [-0.4, -0.2) is 38.7 Å². The highest BCUT2D eigenvalue weighted by Gasteiger charge is 2.20. The van der Waals surface area contributed by atoms with Gasteiger partial charge in [0, 0.05) is 18.1 Å². The highest BCUT2D eigenvalue weighted by Crippen LogP contribution is 2.22. The number of carboxylic acids is 1. The van der Waals surface area contributed by atoms with Gasteiger partial charge in [0.2, 0.25) is 0 Å². The van der Waals surface area contributed by atoms with E-state index in [0.29, 0.717) is 6.54 Å². The maximum atomic E-state index is 10.5. The second-order valence-corrected chi connectivity index (χ2v) is 5.33. The number of aryl methyl sites for hydroxylation is 1. The zero-order chi connectivity index (χ0) is 13.8. The number of anilines is 1. The number of hydrogen-bond acceptors (Lipinski definition) is 3. The van der Waals surface area contributed by atoms with Crippen molar-refractivity contribution in [2.24, 2.45) is 0 Å². The van der Waals surface area contributed by atoms with Crippen LogP contribution in [0.5, 0.6) is 0 Å². The van der Waals surface area contributed by atoms with Gasteiger partial charge in [-0.3, -0.25) is 0 Å². The molecule has 0 unspecified atom stereocenters. The highest BCUT2D eigenvalue weighted by molar-refractivity contribution is 5.64. The summed E-state index contributed by atoms with van der Waals surface area (Å²) in [4.78, 5) is 14.2. The van der Waals surface area contributed by atoms with Crippen LogP contribution in [0.15, 0.2) is 18.2 Å². The van der Waals surface area contributed by atoms with Crippen LogP contribution in [0.1, 0.15) is 17.5 Å². The Kier molecular flexibility index (Phi) is 4.43. The van der Waals surface area contributed by atoms with E-state index >= 15 is 0 Å². The summed E-state index contributed by atoms with van der Waals surface area (Å²) in [6, 6.07) is 6.42. The zero-order valence-electron chi connectivity index (χ0n) is 11.7. The summed E-state index contributed by atoms with van der Waals surface area (Å²) >= 11 is 0. The number of carbonyl (C=O) groups is 1. The number of hydrogen-bond donors (Lipinski definition) is 1. The van der Waals surface area contributed by atoms with E-state index in [-0.39, 0.29) is 6.42 Å². The molecule has 0 aromatic heterocycles. The van der Waals surface area contributed by atoms with Crippen LogP contribution in [-0.2, 0) is 4.79 Å². The van der Waals surface area contributed by atoms with Gasteiger partial charge in [0.05, 0.1) is 32.7 Å². The van der Waals surface area contributed by atoms with Crippen molar-refractivity contribution in [3.05, 3.63) is 29.3 Å². The van der Waals surface area contributed by atoms with Gasteiger partial charge in [0.25, 0.3) is 0 Å². The van der Waals surface area contributed by atoms with E-state index in [1.54, 1.807) is 0 Å². The molecule has 0 atom stereocenters. The fourth-order valence-electron chi connectivity index (χ4n) is 2.67. The van der Waals surface area contributed by atoms with Crippen molar-refractivity contribution < 1.29 is 14.8 Å². The number of quaternary nitrogens is 1. The lowest BCUT2D eigenvalue weighted by atomic mass is 10.1. The molecule has 4 heteroatoms. The second kappa shape index (κ2) is 6.06. The van der Waals surface area contributed by atoms with Gasteiger partial charge in [-0.15, -0.1) is 0 Å². The van der Waals surface area contributed by atoms with Crippen molar-refractivity contribution in [2.75, 3.05) is 37.6 Å². The van der Waals surface area contributed by atoms with Gasteiger partial charge in [0.1, 0.15) is 0 Å². The minimum atomic E-state index is -0.940. The Morgan fingerprint density at radius 1 is 1.32 bits per heavy atom. The number of carboxylic acid groups (broad SMARTS) is 1. The van der Waals surface area contributed by atoms with E-state index < -0.39 is 5.97 Å². The van der Waals surface area contributed by atoms with Gasteiger partial charge in [0.15, 0.2) is 0 Å². The molecule has 1 aromatic rings. The molecule has 0 aliphatic carbocycles. The normalized spacial score (nSPS) is 16.6. The van der Waals surface area contributed by atoms with Crippen LogP contribution in [0.2, 0.25) is 0 Å². The maximum Gasteiger partial charge on any atom is 0.0949 e. The van der Waals surface area contributed by atoms with Crippen LogP contribution < -0.4 is 14.9 Å². The quantitative estimate of drug-likeness (QED) is 0.769. The van der Waals surface area contributed by atoms with Crippen molar-refractivity contribution in [3.63, 3.8) is 0 Å². The van der Waals surface area contributed by atoms with Gasteiger partial charge >= 0.3 is 0 Å². The average molecular weight is 262 g/mol. The third-order valence-electron chi connectivity index (χ3n) is 4.07. The predicted octanol–water partition coefficient (Wildman–Crippen LogP) is -0.852. The molecule has 0 spiro atoms. The lowest BCUT2D eigenvalue weighted by Gasteiger charge is -2.34. The molecule has 1 aliphatic rings. The number of carbonyl (C=O) groups excluding carboxylic acids is 1. The van der Waals surface area contributed by atoms with Gasteiger partial charge in [-0.25, -0.2) is 0 Å². The minimum absolute atomic E-state index is 0.165. The number of nitrogens with zero attached hydrogens (tertiary/aromatic N) is 1. The fraction of sp³-hybridized carbons (Fsp3) is 0.533. The first-order chi connectivity index (χ1) is 9.08. The van der Waals surface area contributed by atoms with E-state index in [1.165, 1.54) is 21.7 Å². The lowest BCUT2D eigenvalue weighted by molar-refractivity contribution is -0.900. The molecule has 19 heavy (non-hydrogen) atoms. The van der Waals surface area contributed by atoms with Gasteiger partial charge in [-0.1, -0.05) is 12.1 Å². The molecule has 2 rings (SSSR count). The molecule has 0 bridgehead atoms. The molecule has 1 saturated heterocycles. The summed E-state index contributed by atoms with van der Waals surface area (Å²) < 4.78 is 0. The monoisotopic (exact) mass is 262 g/mol. The van der Waals surface area contributed by atoms with Gasteiger partial charge in [-0.05, 0) is 31.0 Å². The Balaban J connectivity index is 1.92. The summed E-state index contributed by atoms with van der Waals surface area (Å²) in [5.41, 5.74) is 3.99. The predicted molar refractivity (Wildman–Crippen MR) is 73.3 cm³/mol. The molecule has 4 nitrogen and oxygen atoms in total. The van der Waals surface area contributed by atoms with E-state index in [2.05, 4.69) is 36.9 Å². The van der Waals surface area contributed by atoms with Crippen molar-refractivity contribution in [3.8, 4) is 0 Å². The second-order valence-electron chi connectivity index (χ2n) is 5.33. The molecule has 104 valence electrons. The Morgan fingerprint density at radius 2 is 2.00 bits per heavy atom. The number of piperazine rings is 1. The first-order valence-electron chi connectivity index (χ1n) is 6.92. The van der Waals surface area contributed by atoms with E-state index in [1.807, 2.05) is 0 Å². The van der Waals surface area contributed by atoms with Gasteiger partial charge in [-0.2, -0.15) is 0 Å². The van der Waals surface area contributed by atoms with Crippen molar-refractivity contribution in [2.45, 2.75) is 20.3 Å². The topological polar surface area (TPSA) is 47.8 Å². The minimum Gasteiger partial charge on any atom is -0.550 e. The number of rotatable bonds is 4. The summed E-state index contributed by atoms with van der Waals surface area (Å²) in [6.07, 6.45) is 0.165. The van der Waals surface area contributed by atoms with Crippen molar-refractivity contribution in [1.29, 1.82) is 0 Å².